The molecule has 0 aromatic carbocycles. The molecule has 0 saturated carbocycles. The predicted molar refractivity (Wildman–Crippen MR) is 22.6 cm³/mol. The van der Waals surface area contributed by atoms with Crippen LogP contribution in [0, 0.1) is 0 Å². The van der Waals surface area contributed by atoms with Crippen LogP contribution in [0.4, 0.5) is 0 Å². The van der Waals surface area contributed by atoms with Crippen molar-refractivity contribution in [3.8, 4) is 0 Å². The van der Waals surface area contributed by atoms with Crippen molar-refractivity contribution in [2.24, 2.45) is 0 Å². The highest BCUT2D eigenvalue weighted by Gasteiger charge is 1.86. The van der Waals surface area contributed by atoms with E-state index in [1.165, 1.54) is 0 Å². The van der Waals surface area contributed by atoms with Gasteiger partial charge < -0.3 is 0 Å². The van der Waals surface area contributed by atoms with Crippen molar-refractivity contribution in [1.82, 2.24) is 0 Å². The summed E-state index contributed by atoms with van der Waals surface area (Å²) in [6.45, 7) is 3.78. The van der Waals surface area contributed by atoms with Crippen molar-refractivity contribution in [3.63, 3.8) is 0 Å². The van der Waals surface area contributed by atoms with Gasteiger partial charge in [-0.15, -0.1) is 0 Å². The van der Waals surface area contributed by atoms with E-state index in [1.54, 1.807) is 0 Å². The second-order valence-electron chi connectivity index (χ2n) is 1.15. The van der Waals surface area contributed by atoms with Gasteiger partial charge in [-0.1, -0.05) is 0 Å². The quantitative estimate of drug-likeness (QED) is 0.289. The van der Waals surface area contributed by atoms with E-state index in [-0.39, 0.29) is 0 Å². The summed E-state index contributed by atoms with van der Waals surface area (Å²) in [5.41, 5.74) is 0. The van der Waals surface area contributed by atoms with Gasteiger partial charge in [0.25, 0.3) is 0 Å². The summed E-state index contributed by atoms with van der Waals surface area (Å²) in [6, 6.07) is 0. The molecule has 32 valence electrons. The Bertz CT molecular complexity index is 21.6. The normalized spacial score (nSPS) is 9.60. The largest absolute Gasteiger partial charge is 0.294 e. The summed E-state index contributed by atoms with van der Waals surface area (Å²) < 4.78 is 3.89. The summed E-state index contributed by atoms with van der Waals surface area (Å²) in [6.07, 6.45) is 0. The lowest BCUT2D eigenvalue weighted by Crippen LogP contribution is -2.01. The van der Waals surface area contributed by atoms with Gasteiger partial charge >= 0.3 is 0 Å². The molecule has 0 rings (SSSR count). The van der Waals surface area contributed by atoms with E-state index in [0.29, 0.717) is 0 Å². The minimum atomic E-state index is -1.09. The van der Waals surface area contributed by atoms with Gasteiger partial charge in [0, 0.05) is 0 Å². The first-order valence-electron chi connectivity index (χ1n) is 1.57. The zero-order valence-corrected chi connectivity index (χ0v) is 4.59. The summed E-state index contributed by atoms with van der Waals surface area (Å²) in [5, 5.41) is 7.71. The molecule has 0 aromatic rings. The minimum absolute atomic E-state index is 1.09. The molecule has 0 aliphatic rings. The molecule has 0 aromatic heterocycles. The summed E-state index contributed by atoms with van der Waals surface area (Å²) >= 11 is 0. The molecule has 2 nitrogen and oxygen atoms in total. The first kappa shape index (κ1) is 5.14. The fourth-order valence-electron chi connectivity index (χ4n) is 0. The lowest BCUT2D eigenvalue weighted by atomic mass is 11.9. The van der Waals surface area contributed by atoms with Gasteiger partial charge in [-0.25, -0.2) is 0 Å². The van der Waals surface area contributed by atoms with E-state index in [9.17, 15) is 0 Å². The highest BCUT2D eigenvalue weighted by atomic mass is 28.3. The zero-order chi connectivity index (χ0) is 4.28. The minimum Gasteiger partial charge on any atom is -0.294 e. The van der Waals surface area contributed by atoms with Crippen LogP contribution in [0.15, 0.2) is 0 Å². The van der Waals surface area contributed by atoms with Crippen molar-refractivity contribution < 1.29 is 9.83 Å². The van der Waals surface area contributed by atoms with E-state index < -0.39 is 9.04 Å². The van der Waals surface area contributed by atoms with Crippen molar-refractivity contribution in [2.75, 3.05) is 0 Å². The lowest BCUT2D eigenvalue weighted by molar-refractivity contribution is -0.142. The molecular formula is C2H8O2Si. The molecule has 1 N–H and O–H groups in total. The molecule has 0 bridgehead atoms. The second kappa shape index (κ2) is 2.38. The molecule has 5 heavy (non-hydrogen) atoms. The highest BCUT2D eigenvalue weighted by molar-refractivity contribution is 6.48. The maximum atomic E-state index is 7.71. The molecule has 0 aliphatic carbocycles. The predicted octanol–water partition coefficient (Wildman–Crippen LogP) is 0.459. The number of rotatable bonds is 1. The molecule has 0 amide bonds. The average Bonchev–Trinajstić information content (AvgIpc) is 1.38. The molecule has 0 atom stereocenters. The molecule has 0 radical (unpaired) electrons. The Morgan fingerprint density at radius 1 is 1.60 bits per heavy atom. The Kier molecular flexibility index (Phi) is 2.44. The molecule has 0 heterocycles. The van der Waals surface area contributed by atoms with Crippen molar-refractivity contribution in [1.29, 1.82) is 0 Å². The summed E-state index contributed by atoms with van der Waals surface area (Å²) in [7, 11) is -1.09. The Morgan fingerprint density at radius 3 is 1.80 bits per heavy atom. The standard InChI is InChI=1S/C2H8O2Si/c1-5(2)4-3/h3,5H,1-2H3. The zero-order valence-electron chi connectivity index (χ0n) is 3.43. The van der Waals surface area contributed by atoms with Crippen LogP contribution in [-0.4, -0.2) is 14.3 Å². The third-order valence-corrected chi connectivity index (χ3v) is 0.632. The van der Waals surface area contributed by atoms with E-state index in [1.807, 2.05) is 13.1 Å². The van der Waals surface area contributed by atoms with Crippen LogP contribution in [0.3, 0.4) is 0 Å². The van der Waals surface area contributed by atoms with E-state index in [2.05, 4.69) is 4.58 Å². The van der Waals surface area contributed by atoms with Gasteiger partial charge in [0.15, 0.2) is 0 Å². The molecule has 0 unspecified atom stereocenters. The fraction of sp³-hybridized carbons (Fsp3) is 1.00. The van der Waals surface area contributed by atoms with Crippen LogP contribution in [-0.2, 0) is 4.58 Å². The Hall–Kier alpha value is 0.137. The Labute approximate surface area is 33.0 Å². The van der Waals surface area contributed by atoms with Crippen LogP contribution < -0.4 is 0 Å². The average molecular weight is 92.2 g/mol. The van der Waals surface area contributed by atoms with E-state index >= 15 is 0 Å². The van der Waals surface area contributed by atoms with Crippen LogP contribution in [0.1, 0.15) is 0 Å². The first-order valence-corrected chi connectivity index (χ1v) is 4.35. The molecule has 0 saturated heterocycles. The SMILES string of the molecule is C[SiH](C)OO. The Morgan fingerprint density at radius 2 is 1.80 bits per heavy atom. The third-order valence-electron chi connectivity index (χ3n) is 0.211. The lowest BCUT2D eigenvalue weighted by Gasteiger charge is -1.89. The number of hydrogen-bond acceptors (Lipinski definition) is 2. The third kappa shape index (κ3) is 4.14. The molecule has 3 heteroatoms. The highest BCUT2D eigenvalue weighted by Crippen LogP contribution is 1.72. The molecule has 0 aliphatic heterocycles. The summed E-state index contributed by atoms with van der Waals surface area (Å²) in [4.78, 5) is 0. The number of hydrogen-bond donors (Lipinski definition) is 1. The van der Waals surface area contributed by atoms with Gasteiger partial charge in [0.05, 0.1) is 0 Å². The van der Waals surface area contributed by atoms with E-state index in [0.717, 1.165) is 0 Å². The van der Waals surface area contributed by atoms with Gasteiger partial charge in [-0.05, 0) is 13.1 Å². The first-order chi connectivity index (χ1) is 2.27. The van der Waals surface area contributed by atoms with Crippen LogP contribution in [0.25, 0.3) is 0 Å². The fourth-order valence-corrected chi connectivity index (χ4v) is 0. The van der Waals surface area contributed by atoms with Gasteiger partial charge in [-0.3, -0.25) is 9.83 Å². The smallest absolute Gasteiger partial charge is 0.217 e. The van der Waals surface area contributed by atoms with Gasteiger partial charge in [-0.2, -0.15) is 0 Å². The maximum Gasteiger partial charge on any atom is 0.217 e. The van der Waals surface area contributed by atoms with Crippen molar-refractivity contribution in [3.05, 3.63) is 0 Å². The van der Waals surface area contributed by atoms with Gasteiger partial charge in [0.2, 0.25) is 9.04 Å². The van der Waals surface area contributed by atoms with Crippen LogP contribution in [0.2, 0.25) is 13.1 Å². The van der Waals surface area contributed by atoms with Crippen molar-refractivity contribution >= 4 is 9.04 Å². The molecule has 0 fully saturated rings. The van der Waals surface area contributed by atoms with Crippen molar-refractivity contribution in [2.45, 2.75) is 13.1 Å². The summed E-state index contributed by atoms with van der Waals surface area (Å²) in [5.74, 6) is 0. The second-order valence-corrected chi connectivity index (χ2v) is 3.46. The van der Waals surface area contributed by atoms with Crippen LogP contribution in [0.5, 0.6) is 0 Å². The Balaban J connectivity index is 2.54. The monoisotopic (exact) mass is 92.0 g/mol. The van der Waals surface area contributed by atoms with Gasteiger partial charge in [0.1, 0.15) is 0 Å². The topological polar surface area (TPSA) is 29.5 Å². The molecule has 0 spiro atoms. The maximum absolute atomic E-state index is 7.71. The molecular weight excluding hydrogens is 84.1 g/mol. The van der Waals surface area contributed by atoms with E-state index in [4.69, 9.17) is 5.26 Å². The van der Waals surface area contributed by atoms with Crippen LogP contribution >= 0.6 is 0 Å².